The van der Waals surface area contributed by atoms with E-state index in [2.05, 4.69) is 18.9 Å². The van der Waals surface area contributed by atoms with Crippen LogP contribution in [0.3, 0.4) is 0 Å². The van der Waals surface area contributed by atoms with Crippen LogP contribution in [-0.4, -0.2) is 30.1 Å². The Morgan fingerprint density at radius 1 is 1.35 bits per heavy atom. The first-order valence-electron chi connectivity index (χ1n) is 7.86. The van der Waals surface area contributed by atoms with E-state index >= 15 is 0 Å². The van der Waals surface area contributed by atoms with Gasteiger partial charge in [-0.15, -0.1) is 0 Å². The third kappa shape index (κ3) is 2.23. The molecule has 2 atom stereocenters. The Hall–Kier alpha value is -1.06. The Morgan fingerprint density at radius 3 is 2.80 bits per heavy atom. The maximum atomic E-state index is 10.5. The maximum Gasteiger partial charge on any atom is 0.120 e. The van der Waals surface area contributed by atoms with Gasteiger partial charge >= 0.3 is 0 Å². The summed E-state index contributed by atoms with van der Waals surface area (Å²) in [6.07, 6.45) is 5.90. The number of phenolic OH excluding ortho intramolecular Hbond substituents is 1. The molecule has 3 rings (SSSR count). The molecule has 0 spiro atoms. The highest BCUT2D eigenvalue weighted by Crippen LogP contribution is 2.42. The second-order valence-electron chi connectivity index (χ2n) is 6.57. The van der Waals surface area contributed by atoms with E-state index in [1.165, 1.54) is 36.0 Å². The van der Waals surface area contributed by atoms with E-state index in [9.17, 15) is 5.11 Å². The first-order valence-corrected chi connectivity index (χ1v) is 7.86. The summed E-state index contributed by atoms with van der Waals surface area (Å²) in [7, 11) is 2.15. The quantitative estimate of drug-likeness (QED) is 0.871. The fraction of sp³-hybridized carbons (Fsp3) is 0.647. The van der Waals surface area contributed by atoms with Crippen molar-refractivity contribution in [2.45, 2.75) is 45.1 Å². The first-order chi connectivity index (χ1) is 9.61. The summed E-state index contributed by atoms with van der Waals surface area (Å²) in [6, 6.07) is 2.36. The van der Waals surface area contributed by atoms with E-state index in [0.29, 0.717) is 17.7 Å². The van der Waals surface area contributed by atoms with Gasteiger partial charge in [-0.25, -0.2) is 0 Å². The number of nitrogens with zero attached hydrogens (tertiary/aromatic N) is 1. The van der Waals surface area contributed by atoms with Crippen LogP contribution in [-0.2, 0) is 12.8 Å². The van der Waals surface area contributed by atoms with Gasteiger partial charge < -0.3 is 10.8 Å². The van der Waals surface area contributed by atoms with Crippen molar-refractivity contribution >= 4 is 0 Å². The van der Waals surface area contributed by atoms with Gasteiger partial charge in [-0.3, -0.25) is 4.90 Å². The van der Waals surface area contributed by atoms with Crippen molar-refractivity contribution in [1.82, 2.24) is 4.90 Å². The lowest BCUT2D eigenvalue weighted by atomic mass is 9.83. The molecule has 1 saturated heterocycles. The smallest absolute Gasteiger partial charge is 0.120 e. The molecule has 1 heterocycles. The van der Waals surface area contributed by atoms with Gasteiger partial charge in [-0.05, 0) is 81.3 Å². The van der Waals surface area contributed by atoms with Crippen molar-refractivity contribution in [3.63, 3.8) is 0 Å². The van der Waals surface area contributed by atoms with Crippen molar-refractivity contribution in [1.29, 1.82) is 0 Å². The Morgan fingerprint density at radius 2 is 2.10 bits per heavy atom. The Bertz CT molecular complexity index is 512. The van der Waals surface area contributed by atoms with Crippen LogP contribution in [0.1, 0.15) is 47.6 Å². The Labute approximate surface area is 121 Å². The summed E-state index contributed by atoms with van der Waals surface area (Å²) in [6.45, 7) is 3.98. The number of aromatic hydroxyl groups is 1. The minimum Gasteiger partial charge on any atom is -0.508 e. The lowest BCUT2D eigenvalue weighted by Gasteiger charge is -2.27. The molecule has 20 heavy (non-hydrogen) atoms. The predicted molar refractivity (Wildman–Crippen MR) is 82.0 cm³/mol. The minimum atomic E-state index is 0.329. The number of rotatable bonds is 2. The monoisotopic (exact) mass is 274 g/mol. The molecule has 3 N–H and O–H groups in total. The summed E-state index contributed by atoms with van der Waals surface area (Å²) < 4.78 is 0. The normalized spacial score (nSPS) is 26.8. The van der Waals surface area contributed by atoms with Crippen molar-refractivity contribution in [2.24, 2.45) is 11.7 Å². The molecule has 3 nitrogen and oxygen atoms in total. The Kier molecular flexibility index (Phi) is 3.74. The van der Waals surface area contributed by atoms with E-state index in [1.807, 2.05) is 6.07 Å². The van der Waals surface area contributed by atoms with Gasteiger partial charge in [-0.1, -0.05) is 0 Å². The molecule has 2 aliphatic rings. The lowest BCUT2D eigenvalue weighted by molar-refractivity contribution is 0.304. The number of fused-ring (bicyclic) bond motifs is 1. The fourth-order valence-electron chi connectivity index (χ4n) is 4.15. The zero-order chi connectivity index (χ0) is 14.3. The molecule has 0 amide bonds. The number of hydrogen-bond donors (Lipinski definition) is 2. The molecule has 1 aromatic rings. The molecular weight excluding hydrogens is 248 g/mol. The molecular formula is C17H26N2O. The molecule has 0 bridgehead atoms. The van der Waals surface area contributed by atoms with Crippen LogP contribution in [0.25, 0.3) is 0 Å². The second kappa shape index (κ2) is 5.38. The highest BCUT2D eigenvalue weighted by Gasteiger charge is 2.33. The predicted octanol–water partition coefficient (Wildman–Crippen LogP) is 2.53. The van der Waals surface area contributed by atoms with E-state index in [-0.39, 0.29) is 0 Å². The van der Waals surface area contributed by atoms with E-state index in [1.54, 1.807) is 0 Å². The molecule has 110 valence electrons. The highest BCUT2D eigenvalue weighted by atomic mass is 16.3. The van der Waals surface area contributed by atoms with Crippen molar-refractivity contribution in [2.75, 3.05) is 20.1 Å². The van der Waals surface area contributed by atoms with Gasteiger partial charge in [0.2, 0.25) is 0 Å². The average Bonchev–Trinajstić information content (AvgIpc) is 2.80. The topological polar surface area (TPSA) is 49.5 Å². The van der Waals surface area contributed by atoms with Crippen LogP contribution in [0.4, 0.5) is 0 Å². The van der Waals surface area contributed by atoms with E-state index < -0.39 is 0 Å². The molecule has 1 aliphatic heterocycles. The molecule has 1 aromatic carbocycles. The van der Waals surface area contributed by atoms with E-state index in [4.69, 9.17) is 5.73 Å². The number of phenols is 1. The molecule has 0 saturated carbocycles. The average molecular weight is 274 g/mol. The van der Waals surface area contributed by atoms with Crippen LogP contribution >= 0.6 is 0 Å². The zero-order valence-electron chi connectivity index (χ0n) is 12.7. The number of benzene rings is 1. The molecule has 3 heteroatoms. The van der Waals surface area contributed by atoms with Crippen LogP contribution in [0, 0.1) is 12.8 Å². The summed E-state index contributed by atoms with van der Waals surface area (Å²) in [5.74, 6) is 1.05. The zero-order valence-corrected chi connectivity index (χ0v) is 12.7. The van der Waals surface area contributed by atoms with Gasteiger partial charge in [-0.2, -0.15) is 0 Å². The molecule has 1 aliphatic carbocycles. The van der Waals surface area contributed by atoms with Crippen LogP contribution in [0.15, 0.2) is 6.07 Å². The fourth-order valence-corrected chi connectivity index (χ4v) is 4.15. The Balaban J connectivity index is 2.01. The third-order valence-corrected chi connectivity index (χ3v) is 5.26. The van der Waals surface area contributed by atoms with E-state index in [0.717, 1.165) is 31.5 Å². The largest absolute Gasteiger partial charge is 0.508 e. The highest BCUT2D eigenvalue weighted by molar-refractivity contribution is 5.51. The van der Waals surface area contributed by atoms with Crippen LogP contribution in [0.5, 0.6) is 5.75 Å². The summed E-state index contributed by atoms with van der Waals surface area (Å²) in [5, 5.41) is 10.5. The summed E-state index contributed by atoms with van der Waals surface area (Å²) in [5.41, 5.74) is 11.2. The molecule has 0 radical (unpaired) electrons. The molecule has 2 unspecified atom stereocenters. The first kappa shape index (κ1) is 13.9. The number of aryl methyl sites for hydroxylation is 1. The van der Waals surface area contributed by atoms with Gasteiger partial charge in [0.15, 0.2) is 0 Å². The van der Waals surface area contributed by atoms with Gasteiger partial charge in [0.1, 0.15) is 5.75 Å². The van der Waals surface area contributed by atoms with Gasteiger partial charge in [0.25, 0.3) is 0 Å². The minimum absolute atomic E-state index is 0.329. The third-order valence-electron chi connectivity index (χ3n) is 5.26. The SMILES string of the molecule is Cc1c2c(cc(O)c1C1CC(CN)CN1C)CCCC2. The number of likely N-dealkylation sites (tertiary alicyclic amines) is 1. The molecule has 0 aromatic heterocycles. The maximum absolute atomic E-state index is 10.5. The van der Waals surface area contributed by atoms with Crippen molar-refractivity contribution < 1.29 is 5.11 Å². The standard InChI is InChI=1S/C17H26N2O/c1-11-14-6-4-3-5-13(14)8-16(20)17(11)15-7-12(9-18)10-19(15)2/h8,12,15,20H,3-7,9-10,18H2,1-2H3. The lowest BCUT2D eigenvalue weighted by Crippen LogP contribution is -2.21. The number of nitrogens with two attached hydrogens (primary N) is 1. The van der Waals surface area contributed by atoms with Crippen molar-refractivity contribution in [3.8, 4) is 5.75 Å². The second-order valence-corrected chi connectivity index (χ2v) is 6.57. The van der Waals surface area contributed by atoms with Gasteiger partial charge in [0, 0.05) is 18.2 Å². The van der Waals surface area contributed by atoms with Crippen molar-refractivity contribution in [3.05, 3.63) is 28.3 Å². The van der Waals surface area contributed by atoms with Gasteiger partial charge in [0.05, 0.1) is 0 Å². The van der Waals surface area contributed by atoms with Crippen LogP contribution < -0.4 is 5.73 Å². The van der Waals surface area contributed by atoms with Crippen LogP contribution in [0.2, 0.25) is 0 Å². The summed E-state index contributed by atoms with van der Waals surface area (Å²) in [4.78, 5) is 2.36. The molecule has 1 fully saturated rings. The summed E-state index contributed by atoms with van der Waals surface area (Å²) >= 11 is 0. The number of hydrogen-bond acceptors (Lipinski definition) is 3.